The van der Waals surface area contributed by atoms with Crippen LogP contribution in [0, 0.1) is 0 Å². The van der Waals surface area contributed by atoms with Gasteiger partial charge in [0.25, 0.3) is 0 Å². The van der Waals surface area contributed by atoms with E-state index in [0.29, 0.717) is 79.3 Å². The van der Waals surface area contributed by atoms with Crippen LogP contribution in [0.5, 0.6) is 11.5 Å². The second-order valence-electron chi connectivity index (χ2n) is 7.53. The molecule has 7 heteroatoms. The Hall–Kier alpha value is -2.42. The zero-order chi connectivity index (χ0) is 22.6. The molecule has 0 aromatic heterocycles. The Morgan fingerprint density at radius 2 is 0.667 bits per heavy atom. The second kappa shape index (κ2) is 13.3. The summed E-state index contributed by atoms with van der Waals surface area (Å²) in [5.41, 5.74) is 0. The molecular formula is C26H32O7. The van der Waals surface area contributed by atoms with Crippen molar-refractivity contribution in [3.63, 3.8) is 0 Å². The predicted molar refractivity (Wildman–Crippen MR) is 127 cm³/mol. The molecule has 0 radical (unpaired) electrons. The number of hydrogen-bond donors (Lipinski definition) is 0. The van der Waals surface area contributed by atoms with Crippen molar-refractivity contribution >= 4 is 21.5 Å². The van der Waals surface area contributed by atoms with E-state index in [9.17, 15) is 0 Å². The van der Waals surface area contributed by atoms with Gasteiger partial charge in [0.05, 0.1) is 66.1 Å². The minimum absolute atomic E-state index is 0.476. The van der Waals surface area contributed by atoms with Crippen LogP contribution in [0.25, 0.3) is 21.5 Å². The van der Waals surface area contributed by atoms with Gasteiger partial charge >= 0.3 is 0 Å². The molecule has 7 nitrogen and oxygen atoms in total. The molecule has 0 N–H and O–H groups in total. The highest BCUT2D eigenvalue weighted by Gasteiger charge is 2.09. The molecule has 0 amide bonds. The van der Waals surface area contributed by atoms with Gasteiger partial charge in [-0.3, -0.25) is 0 Å². The zero-order valence-corrected chi connectivity index (χ0v) is 19.0. The Kier molecular flexibility index (Phi) is 9.58. The van der Waals surface area contributed by atoms with E-state index in [2.05, 4.69) is 24.3 Å². The van der Waals surface area contributed by atoms with Crippen LogP contribution in [0.4, 0.5) is 0 Å². The summed E-state index contributed by atoms with van der Waals surface area (Å²) in [5, 5.41) is 4.40. The first kappa shape index (κ1) is 23.7. The summed E-state index contributed by atoms with van der Waals surface area (Å²) in [5.74, 6) is 1.69. The third-order valence-corrected chi connectivity index (χ3v) is 5.30. The minimum atomic E-state index is 0.476. The Morgan fingerprint density at radius 3 is 1.03 bits per heavy atom. The molecule has 3 aromatic rings. The normalized spacial score (nSPS) is 18.5. The van der Waals surface area contributed by atoms with Crippen molar-refractivity contribution in [2.45, 2.75) is 0 Å². The molecule has 1 aliphatic rings. The van der Waals surface area contributed by atoms with Crippen molar-refractivity contribution < 1.29 is 33.2 Å². The molecule has 0 saturated heterocycles. The first-order valence-corrected chi connectivity index (χ1v) is 11.5. The lowest BCUT2D eigenvalue weighted by Crippen LogP contribution is -2.15. The lowest BCUT2D eigenvalue weighted by Gasteiger charge is -2.14. The summed E-state index contributed by atoms with van der Waals surface area (Å²) < 4.78 is 39.8. The quantitative estimate of drug-likeness (QED) is 0.476. The van der Waals surface area contributed by atoms with Gasteiger partial charge in [0.1, 0.15) is 24.7 Å². The van der Waals surface area contributed by atoms with Gasteiger partial charge in [-0.25, -0.2) is 0 Å². The van der Waals surface area contributed by atoms with E-state index < -0.39 is 0 Å². The highest BCUT2D eigenvalue weighted by atomic mass is 16.6. The van der Waals surface area contributed by atoms with E-state index in [4.69, 9.17) is 33.2 Å². The molecule has 33 heavy (non-hydrogen) atoms. The van der Waals surface area contributed by atoms with Crippen molar-refractivity contribution in [3.05, 3.63) is 48.5 Å². The fraction of sp³-hybridized carbons (Fsp3) is 0.462. The Labute approximate surface area is 194 Å². The molecule has 0 unspecified atom stereocenters. The topological polar surface area (TPSA) is 64.6 Å². The number of fused-ring (bicyclic) bond motifs is 2. The smallest absolute Gasteiger partial charge is 0.127 e. The Bertz CT molecular complexity index is 912. The summed E-state index contributed by atoms with van der Waals surface area (Å²) in [6.45, 7) is 6.21. The van der Waals surface area contributed by atoms with Crippen LogP contribution < -0.4 is 9.47 Å². The monoisotopic (exact) mass is 456 g/mol. The van der Waals surface area contributed by atoms with E-state index in [-0.39, 0.29) is 0 Å². The molecule has 0 atom stereocenters. The second-order valence-corrected chi connectivity index (χ2v) is 7.53. The summed E-state index contributed by atoms with van der Waals surface area (Å²) in [4.78, 5) is 0. The fourth-order valence-electron chi connectivity index (χ4n) is 3.72. The molecule has 2 bridgehead atoms. The van der Waals surface area contributed by atoms with Crippen LogP contribution in [0.15, 0.2) is 48.5 Å². The Balaban J connectivity index is 1.44. The van der Waals surface area contributed by atoms with Crippen LogP contribution in [0.3, 0.4) is 0 Å². The molecular weight excluding hydrogens is 424 g/mol. The van der Waals surface area contributed by atoms with Gasteiger partial charge < -0.3 is 33.2 Å². The lowest BCUT2D eigenvalue weighted by molar-refractivity contribution is -0.0141. The summed E-state index contributed by atoms with van der Waals surface area (Å²) >= 11 is 0. The zero-order valence-electron chi connectivity index (χ0n) is 19.0. The van der Waals surface area contributed by atoms with E-state index in [1.165, 1.54) is 0 Å². The van der Waals surface area contributed by atoms with Crippen molar-refractivity contribution in [1.82, 2.24) is 0 Å². The SMILES string of the molecule is c1cc2c3ccc4c(cccc4c3c1)OCCOCCOCCOCCOCCOCCO2. The molecule has 0 aliphatic carbocycles. The third-order valence-electron chi connectivity index (χ3n) is 5.30. The average Bonchev–Trinajstić information content (AvgIpc) is 2.84. The van der Waals surface area contributed by atoms with E-state index in [1.54, 1.807) is 0 Å². The van der Waals surface area contributed by atoms with E-state index >= 15 is 0 Å². The molecule has 178 valence electrons. The van der Waals surface area contributed by atoms with Crippen molar-refractivity contribution in [2.24, 2.45) is 0 Å². The molecule has 1 aliphatic heterocycles. The maximum Gasteiger partial charge on any atom is 0.127 e. The summed E-state index contributed by atoms with van der Waals surface area (Å²) in [6.07, 6.45) is 0. The molecule has 4 rings (SSSR count). The number of hydrogen-bond acceptors (Lipinski definition) is 7. The molecule has 0 fully saturated rings. The van der Waals surface area contributed by atoms with Gasteiger partial charge in [-0.2, -0.15) is 0 Å². The standard InChI is InChI=1S/C26H32O7/c1-3-21-22-4-2-6-26-24(22)8-7-23(21)25(5-1)32-19-17-30-15-13-28-11-9-27-10-12-29-14-16-31-18-20-33-26/h1-8H,9-20H2. The molecule has 0 saturated carbocycles. The fourth-order valence-corrected chi connectivity index (χ4v) is 3.72. The van der Waals surface area contributed by atoms with Crippen LogP contribution in [-0.2, 0) is 23.7 Å². The van der Waals surface area contributed by atoms with Gasteiger partial charge in [-0.15, -0.1) is 0 Å². The lowest BCUT2D eigenvalue weighted by atomic mass is 10.0. The number of benzene rings is 3. The first-order valence-electron chi connectivity index (χ1n) is 11.5. The predicted octanol–water partition coefficient (Wildman–Crippen LogP) is 3.85. The Morgan fingerprint density at radius 1 is 0.333 bits per heavy atom. The number of ether oxygens (including phenoxy) is 7. The van der Waals surface area contributed by atoms with Crippen molar-refractivity contribution in [2.75, 3.05) is 79.3 Å². The van der Waals surface area contributed by atoms with Crippen LogP contribution in [-0.4, -0.2) is 79.3 Å². The van der Waals surface area contributed by atoms with E-state index in [1.807, 2.05) is 24.3 Å². The average molecular weight is 457 g/mol. The third kappa shape index (κ3) is 7.03. The first-order chi connectivity index (χ1) is 16.4. The highest BCUT2D eigenvalue weighted by Crippen LogP contribution is 2.35. The van der Waals surface area contributed by atoms with Gasteiger partial charge in [-0.05, 0) is 35.0 Å². The van der Waals surface area contributed by atoms with Crippen LogP contribution in [0.2, 0.25) is 0 Å². The minimum Gasteiger partial charge on any atom is -0.491 e. The maximum atomic E-state index is 6.02. The van der Waals surface area contributed by atoms with Gasteiger partial charge in [-0.1, -0.05) is 24.3 Å². The molecule has 3 aromatic carbocycles. The van der Waals surface area contributed by atoms with E-state index in [0.717, 1.165) is 33.0 Å². The number of rotatable bonds is 0. The largest absolute Gasteiger partial charge is 0.491 e. The molecule has 1 heterocycles. The van der Waals surface area contributed by atoms with Crippen LogP contribution in [0.1, 0.15) is 0 Å². The van der Waals surface area contributed by atoms with Crippen molar-refractivity contribution in [3.8, 4) is 11.5 Å². The van der Waals surface area contributed by atoms with Crippen molar-refractivity contribution in [1.29, 1.82) is 0 Å². The summed E-state index contributed by atoms with van der Waals surface area (Å²) in [7, 11) is 0. The summed E-state index contributed by atoms with van der Waals surface area (Å²) in [6, 6.07) is 16.4. The maximum absolute atomic E-state index is 6.02. The highest BCUT2D eigenvalue weighted by molar-refractivity contribution is 6.11. The molecule has 0 spiro atoms. The van der Waals surface area contributed by atoms with Gasteiger partial charge in [0.2, 0.25) is 0 Å². The van der Waals surface area contributed by atoms with Crippen LogP contribution >= 0.6 is 0 Å². The van der Waals surface area contributed by atoms with Gasteiger partial charge in [0.15, 0.2) is 0 Å². The van der Waals surface area contributed by atoms with Gasteiger partial charge in [0, 0.05) is 10.8 Å².